The number of benzene rings is 2. The predicted octanol–water partition coefficient (Wildman–Crippen LogP) is 3.24. The summed E-state index contributed by atoms with van der Waals surface area (Å²) in [5.74, 6) is 0.330. The van der Waals surface area contributed by atoms with Crippen molar-refractivity contribution >= 4 is 40.4 Å². The largest absolute Gasteiger partial charge is 0.497 e. The highest BCUT2D eigenvalue weighted by Crippen LogP contribution is 2.24. The van der Waals surface area contributed by atoms with E-state index in [1.807, 2.05) is 0 Å². The minimum Gasteiger partial charge on any atom is -0.497 e. The topological polar surface area (TPSA) is 64.3 Å². The molecule has 0 saturated heterocycles. The summed E-state index contributed by atoms with van der Waals surface area (Å²) in [5.41, 5.74) is 7.14. The summed E-state index contributed by atoms with van der Waals surface area (Å²) in [7, 11) is 1.54. The molecular weight excluding hydrogens is 308 g/mol. The van der Waals surface area contributed by atoms with Gasteiger partial charge in [-0.3, -0.25) is 4.79 Å². The van der Waals surface area contributed by atoms with Crippen LogP contribution in [0.25, 0.3) is 0 Å². The summed E-state index contributed by atoms with van der Waals surface area (Å²) >= 11 is 11.0. The zero-order valence-corrected chi connectivity index (χ0v) is 12.8. The highest BCUT2D eigenvalue weighted by Gasteiger charge is 2.10. The summed E-state index contributed by atoms with van der Waals surface area (Å²) in [6.07, 6.45) is 0. The molecule has 2 aromatic carbocycles. The smallest absolute Gasteiger partial charge is 0.255 e. The van der Waals surface area contributed by atoms with E-state index in [0.717, 1.165) is 0 Å². The molecule has 21 heavy (non-hydrogen) atoms. The van der Waals surface area contributed by atoms with Crippen molar-refractivity contribution in [3.05, 3.63) is 58.6 Å². The first kappa shape index (κ1) is 15.3. The Morgan fingerprint density at radius 1 is 1.24 bits per heavy atom. The molecule has 0 aliphatic carbocycles. The normalized spacial score (nSPS) is 10.0. The number of halogens is 1. The highest BCUT2D eigenvalue weighted by atomic mass is 35.5. The minimum atomic E-state index is -0.279. The van der Waals surface area contributed by atoms with E-state index in [4.69, 9.17) is 34.3 Å². The van der Waals surface area contributed by atoms with Gasteiger partial charge in [0, 0.05) is 11.1 Å². The maximum Gasteiger partial charge on any atom is 0.255 e. The van der Waals surface area contributed by atoms with Crippen LogP contribution in [0.15, 0.2) is 42.5 Å². The Balaban J connectivity index is 2.21. The zero-order chi connectivity index (χ0) is 15.4. The fraction of sp³-hybridized carbons (Fsp3) is 0.0667. The van der Waals surface area contributed by atoms with Gasteiger partial charge >= 0.3 is 0 Å². The van der Waals surface area contributed by atoms with Gasteiger partial charge in [-0.05, 0) is 36.4 Å². The Morgan fingerprint density at radius 2 is 2.00 bits per heavy atom. The standard InChI is InChI=1S/C15H13ClN2O2S/c1-20-11-4-2-3-10(7-11)15(19)18-13-6-5-9(14(17)21)8-12(13)16/h2-8H,1H3,(H2,17,21)(H,18,19). The van der Waals surface area contributed by atoms with E-state index in [-0.39, 0.29) is 10.9 Å². The molecule has 108 valence electrons. The van der Waals surface area contributed by atoms with Gasteiger partial charge < -0.3 is 15.8 Å². The molecule has 0 unspecified atom stereocenters. The highest BCUT2D eigenvalue weighted by molar-refractivity contribution is 7.80. The van der Waals surface area contributed by atoms with E-state index >= 15 is 0 Å². The number of carbonyl (C=O) groups excluding carboxylic acids is 1. The number of rotatable bonds is 4. The van der Waals surface area contributed by atoms with Gasteiger partial charge in [0.2, 0.25) is 0 Å². The van der Waals surface area contributed by atoms with E-state index < -0.39 is 0 Å². The van der Waals surface area contributed by atoms with Gasteiger partial charge in [-0.25, -0.2) is 0 Å². The van der Waals surface area contributed by atoms with Gasteiger partial charge in [0.25, 0.3) is 5.91 Å². The number of hydrogen-bond donors (Lipinski definition) is 2. The van der Waals surface area contributed by atoms with Crippen LogP contribution in [0.1, 0.15) is 15.9 Å². The van der Waals surface area contributed by atoms with E-state index in [1.165, 1.54) is 0 Å². The van der Waals surface area contributed by atoms with Gasteiger partial charge in [0.15, 0.2) is 0 Å². The maximum atomic E-state index is 12.2. The average Bonchev–Trinajstić information content (AvgIpc) is 2.49. The van der Waals surface area contributed by atoms with Crippen LogP contribution in [0.2, 0.25) is 5.02 Å². The summed E-state index contributed by atoms with van der Waals surface area (Å²) in [6, 6.07) is 11.8. The van der Waals surface area contributed by atoms with Crippen LogP contribution in [-0.2, 0) is 0 Å². The van der Waals surface area contributed by atoms with E-state index in [2.05, 4.69) is 5.32 Å². The fourth-order valence-electron chi connectivity index (χ4n) is 1.73. The molecule has 0 bridgehead atoms. The molecule has 0 aromatic heterocycles. The Labute approximate surface area is 132 Å². The number of anilines is 1. The molecule has 0 spiro atoms. The molecule has 0 saturated carbocycles. The lowest BCUT2D eigenvalue weighted by Crippen LogP contribution is -2.13. The Kier molecular flexibility index (Phi) is 4.77. The second-order valence-electron chi connectivity index (χ2n) is 4.24. The van der Waals surface area contributed by atoms with Crippen molar-refractivity contribution in [2.24, 2.45) is 5.73 Å². The molecule has 0 heterocycles. The molecule has 6 heteroatoms. The Morgan fingerprint density at radius 3 is 2.62 bits per heavy atom. The van der Waals surface area contributed by atoms with Gasteiger partial charge in [0.05, 0.1) is 17.8 Å². The van der Waals surface area contributed by atoms with Gasteiger partial charge in [-0.2, -0.15) is 0 Å². The quantitative estimate of drug-likeness (QED) is 0.849. The molecule has 0 aliphatic heterocycles. The second kappa shape index (κ2) is 6.56. The summed E-state index contributed by atoms with van der Waals surface area (Å²) < 4.78 is 5.09. The average molecular weight is 321 g/mol. The first-order valence-electron chi connectivity index (χ1n) is 6.06. The lowest BCUT2D eigenvalue weighted by molar-refractivity contribution is 0.102. The lowest BCUT2D eigenvalue weighted by atomic mass is 10.1. The van der Waals surface area contributed by atoms with Crippen molar-refractivity contribution in [3.8, 4) is 5.75 Å². The third-order valence-corrected chi connectivity index (χ3v) is 3.38. The maximum absolute atomic E-state index is 12.2. The number of methoxy groups -OCH3 is 1. The first-order chi connectivity index (χ1) is 10.0. The molecule has 0 radical (unpaired) electrons. The van der Waals surface area contributed by atoms with E-state index in [1.54, 1.807) is 49.6 Å². The SMILES string of the molecule is COc1cccc(C(=O)Nc2ccc(C(N)=S)cc2Cl)c1. The first-order valence-corrected chi connectivity index (χ1v) is 6.84. The van der Waals surface area contributed by atoms with Crippen LogP contribution in [0, 0.1) is 0 Å². The lowest BCUT2D eigenvalue weighted by Gasteiger charge is -2.09. The summed E-state index contributed by atoms with van der Waals surface area (Å²) in [4.78, 5) is 12.4. The van der Waals surface area contributed by atoms with Crippen molar-refractivity contribution < 1.29 is 9.53 Å². The molecule has 2 rings (SSSR count). The molecule has 3 N–H and O–H groups in total. The van der Waals surface area contributed by atoms with E-state index in [9.17, 15) is 4.79 Å². The third-order valence-electron chi connectivity index (χ3n) is 2.83. The monoisotopic (exact) mass is 320 g/mol. The van der Waals surface area contributed by atoms with Crippen LogP contribution in [0.3, 0.4) is 0 Å². The molecular formula is C15H13ClN2O2S. The molecule has 0 aliphatic rings. The van der Waals surface area contributed by atoms with Gasteiger partial charge in [0.1, 0.15) is 10.7 Å². The summed E-state index contributed by atoms with van der Waals surface area (Å²) in [6.45, 7) is 0. The Hall–Kier alpha value is -2.11. The van der Waals surface area contributed by atoms with Crippen molar-refractivity contribution in [2.75, 3.05) is 12.4 Å². The molecule has 1 amide bonds. The second-order valence-corrected chi connectivity index (χ2v) is 5.09. The number of amides is 1. The fourth-order valence-corrected chi connectivity index (χ4v) is 2.08. The minimum absolute atomic E-state index is 0.252. The number of ether oxygens (including phenoxy) is 1. The van der Waals surface area contributed by atoms with Crippen molar-refractivity contribution in [1.29, 1.82) is 0 Å². The van der Waals surface area contributed by atoms with Crippen molar-refractivity contribution in [2.45, 2.75) is 0 Å². The van der Waals surface area contributed by atoms with Crippen LogP contribution in [-0.4, -0.2) is 18.0 Å². The predicted molar refractivity (Wildman–Crippen MR) is 88.3 cm³/mol. The van der Waals surface area contributed by atoms with Gasteiger partial charge in [-0.1, -0.05) is 29.9 Å². The molecule has 4 nitrogen and oxygen atoms in total. The number of thiocarbonyl (C=S) groups is 1. The number of carbonyl (C=O) groups is 1. The molecule has 0 atom stereocenters. The van der Waals surface area contributed by atoms with E-state index in [0.29, 0.717) is 27.6 Å². The van der Waals surface area contributed by atoms with Crippen molar-refractivity contribution in [1.82, 2.24) is 0 Å². The molecule has 2 aromatic rings. The Bertz CT molecular complexity index is 704. The number of nitrogens with one attached hydrogen (secondary N) is 1. The molecule has 0 fully saturated rings. The van der Waals surface area contributed by atoms with Crippen LogP contribution in [0.5, 0.6) is 5.75 Å². The van der Waals surface area contributed by atoms with Crippen LogP contribution >= 0.6 is 23.8 Å². The van der Waals surface area contributed by atoms with Crippen LogP contribution < -0.4 is 15.8 Å². The number of hydrogen-bond acceptors (Lipinski definition) is 3. The summed E-state index contributed by atoms with van der Waals surface area (Å²) in [5, 5.41) is 3.11. The van der Waals surface area contributed by atoms with Crippen molar-refractivity contribution in [3.63, 3.8) is 0 Å². The third kappa shape index (κ3) is 3.71. The number of nitrogens with two attached hydrogens (primary N) is 1. The van der Waals surface area contributed by atoms with Crippen LogP contribution in [0.4, 0.5) is 5.69 Å². The van der Waals surface area contributed by atoms with Gasteiger partial charge in [-0.15, -0.1) is 0 Å². The zero-order valence-electron chi connectivity index (χ0n) is 11.2.